The highest BCUT2D eigenvalue weighted by Crippen LogP contribution is 2.30. The van der Waals surface area contributed by atoms with Crippen LogP contribution in [-0.2, 0) is 9.59 Å². The number of carbonyl (C=O) groups is 3. The largest absolute Gasteiger partial charge is 0.336 e. The van der Waals surface area contributed by atoms with E-state index in [2.05, 4.69) is 0 Å². The van der Waals surface area contributed by atoms with E-state index in [-0.39, 0.29) is 24.5 Å². The maximum absolute atomic E-state index is 12.5. The summed E-state index contributed by atoms with van der Waals surface area (Å²) in [6, 6.07) is 9.68. The van der Waals surface area contributed by atoms with Gasteiger partial charge in [0.25, 0.3) is 11.1 Å². The molecule has 6 heteroatoms. The molecular formula is C20H24N2O3S. The lowest BCUT2D eigenvalue weighted by Gasteiger charge is -2.31. The molecule has 1 saturated heterocycles. The molecule has 0 unspecified atom stereocenters. The topological polar surface area (TPSA) is 57.7 Å². The number of nitrogens with zero attached hydrogens (tertiary/aromatic N) is 2. The van der Waals surface area contributed by atoms with Crippen molar-refractivity contribution in [2.24, 2.45) is 0 Å². The third kappa shape index (κ3) is 4.85. The minimum atomic E-state index is -0.418. The molecule has 0 spiro atoms. The van der Waals surface area contributed by atoms with Crippen LogP contribution in [0.15, 0.2) is 47.4 Å². The molecule has 0 radical (unpaired) electrons. The Kier molecular flexibility index (Phi) is 6.80. The number of thioether (sulfide) groups is 1. The van der Waals surface area contributed by atoms with E-state index >= 15 is 0 Å². The smallest absolute Gasteiger partial charge is 0.294 e. The first-order valence-corrected chi connectivity index (χ1v) is 9.41. The summed E-state index contributed by atoms with van der Waals surface area (Å²) in [4.78, 5) is 40.2. The van der Waals surface area contributed by atoms with Gasteiger partial charge in [0.1, 0.15) is 6.54 Å². The standard InChI is InChI=1S/C20H24N2O3S/c1-14(2)22(15(3)4)18(23)13-21-19(24)17(26-20(21)25)12-8-11-16-9-6-5-7-10-16/h5-12,14-15H,13H2,1-4H3/b11-8+,17-12-. The lowest BCUT2D eigenvalue weighted by atomic mass is 10.2. The van der Waals surface area contributed by atoms with E-state index in [1.165, 1.54) is 0 Å². The van der Waals surface area contributed by atoms with Crippen molar-refractivity contribution < 1.29 is 14.4 Å². The van der Waals surface area contributed by atoms with Gasteiger partial charge < -0.3 is 4.90 Å². The Balaban J connectivity index is 2.07. The van der Waals surface area contributed by atoms with Gasteiger partial charge in [-0.15, -0.1) is 0 Å². The highest BCUT2D eigenvalue weighted by molar-refractivity contribution is 8.18. The van der Waals surface area contributed by atoms with Gasteiger partial charge in [-0.2, -0.15) is 0 Å². The lowest BCUT2D eigenvalue weighted by Crippen LogP contribution is -2.48. The number of amides is 3. The van der Waals surface area contributed by atoms with Crippen molar-refractivity contribution in [3.05, 3.63) is 53.0 Å². The maximum atomic E-state index is 12.5. The van der Waals surface area contributed by atoms with E-state index in [1.807, 2.05) is 64.1 Å². The van der Waals surface area contributed by atoms with Crippen molar-refractivity contribution in [2.45, 2.75) is 39.8 Å². The fraction of sp³-hybridized carbons (Fsp3) is 0.350. The van der Waals surface area contributed by atoms with Gasteiger partial charge in [0.15, 0.2) is 0 Å². The number of allylic oxidation sites excluding steroid dienone is 2. The van der Waals surface area contributed by atoms with Crippen molar-refractivity contribution in [1.29, 1.82) is 0 Å². The highest BCUT2D eigenvalue weighted by atomic mass is 32.2. The molecule has 1 fully saturated rings. The molecule has 0 N–H and O–H groups in total. The molecule has 1 aliphatic rings. The summed E-state index contributed by atoms with van der Waals surface area (Å²) in [5.74, 6) is -0.642. The second kappa shape index (κ2) is 8.85. The van der Waals surface area contributed by atoms with Crippen LogP contribution < -0.4 is 0 Å². The van der Waals surface area contributed by atoms with Crippen LogP contribution in [0.3, 0.4) is 0 Å². The molecule has 0 aliphatic carbocycles. The van der Waals surface area contributed by atoms with Gasteiger partial charge in [0.2, 0.25) is 5.91 Å². The first-order chi connectivity index (χ1) is 12.3. The zero-order valence-corrected chi connectivity index (χ0v) is 16.3. The van der Waals surface area contributed by atoms with Crippen molar-refractivity contribution in [3.63, 3.8) is 0 Å². The van der Waals surface area contributed by atoms with E-state index in [0.29, 0.717) is 4.91 Å². The third-order valence-electron chi connectivity index (χ3n) is 3.90. The quantitative estimate of drug-likeness (QED) is 0.710. The second-order valence-corrected chi connectivity index (χ2v) is 7.54. The van der Waals surface area contributed by atoms with E-state index in [9.17, 15) is 14.4 Å². The summed E-state index contributed by atoms with van der Waals surface area (Å²) in [6.07, 6.45) is 5.21. The molecule has 2 rings (SSSR count). The monoisotopic (exact) mass is 372 g/mol. The summed E-state index contributed by atoms with van der Waals surface area (Å²) < 4.78 is 0. The fourth-order valence-corrected chi connectivity index (χ4v) is 3.64. The van der Waals surface area contributed by atoms with Crippen molar-refractivity contribution >= 4 is 34.9 Å². The van der Waals surface area contributed by atoms with Crippen LogP contribution in [0.25, 0.3) is 6.08 Å². The van der Waals surface area contributed by atoms with Crippen molar-refractivity contribution in [1.82, 2.24) is 9.80 Å². The lowest BCUT2D eigenvalue weighted by molar-refractivity contribution is -0.138. The van der Waals surface area contributed by atoms with Gasteiger partial charge in [0, 0.05) is 12.1 Å². The van der Waals surface area contributed by atoms with Gasteiger partial charge in [-0.05, 0) is 51.1 Å². The highest BCUT2D eigenvalue weighted by Gasteiger charge is 2.37. The number of carbonyl (C=O) groups excluding carboxylic acids is 3. The first-order valence-electron chi connectivity index (χ1n) is 8.59. The zero-order valence-electron chi connectivity index (χ0n) is 15.5. The number of benzene rings is 1. The summed E-state index contributed by atoms with van der Waals surface area (Å²) in [6.45, 7) is 7.45. The Morgan fingerprint density at radius 1 is 1.12 bits per heavy atom. The summed E-state index contributed by atoms with van der Waals surface area (Å²) >= 11 is 0.864. The average Bonchev–Trinajstić information content (AvgIpc) is 2.83. The summed E-state index contributed by atoms with van der Waals surface area (Å²) in [7, 11) is 0. The Morgan fingerprint density at radius 2 is 1.73 bits per heavy atom. The van der Waals surface area contributed by atoms with Gasteiger partial charge in [0.05, 0.1) is 4.91 Å². The third-order valence-corrected chi connectivity index (χ3v) is 4.83. The second-order valence-electron chi connectivity index (χ2n) is 6.55. The zero-order chi connectivity index (χ0) is 19.3. The fourth-order valence-electron chi connectivity index (χ4n) is 2.85. The molecule has 26 heavy (non-hydrogen) atoms. The predicted molar refractivity (Wildman–Crippen MR) is 105 cm³/mol. The summed E-state index contributed by atoms with van der Waals surface area (Å²) in [5, 5.41) is -0.407. The maximum Gasteiger partial charge on any atom is 0.294 e. The number of hydrogen-bond acceptors (Lipinski definition) is 4. The van der Waals surface area contributed by atoms with Crippen LogP contribution in [0.4, 0.5) is 4.79 Å². The van der Waals surface area contributed by atoms with Crippen LogP contribution in [-0.4, -0.2) is 45.5 Å². The van der Waals surface area contributed by atoms with E-state index in [1.54, 1.807) is 17.1 Å². The van der Waals surface area contributed by atoms with Gasteiger partial charge in [-0.3, -0.25) is 19.3 Å². The number of rotatable bonds is 6. The van der Waals surface area contributed by atoms with Crippen LogP contribution in [0.5, 0.6) is 0 Å². The molecule has 0 bridgehead atoms. The van der Waals surface area contributed by atoms with Crippen LogP contribution in [0.1, 0.15) is 33.3 Å². The predicted octanol–water partition coefficient (Wildman–Crippen LogP) is 3.92. The van der Waals surface area contributed by atoms with Gasteiger partial charge in [-0.1, -0.05) is 42.5 Å². The van der Waals surface area contributed by atoms with Gasteiger partial charge >= 0.3 is 0 Å². The van der Waals surface area contributed by atoms with Crippen LogP contribution in [0.2, 0.25) is 0 Å². The minimum Gasteiger partial charge on any atom is -0.336 e. The SMILES string of the molecule is CC(C)N(C(=O)CN1C(=O)S/C(=C\C=C\c2ccccc2)C1=O)C(C)C. The summed E-state index contributed by atoms with van der Waals surface area (Å²) in [5.41, 5.74) is 1.00. The number of imide groups is 1. The van der Waals surface area contributed by atoms with Crippen molar-refractivity contribution in [2.75, 3.05) is 6.54 Å². The first kappa shape index (κ1) is 20.0. The molecule has 1 aromatic rings. The van der Waals surface area contributed by atoms with Crippen LogP contribution >= 0.6 is 11.8 Å². The van der Waals surface area contributed by atoms with Crippen molar-refractivity contribution in [3.8, 4) is 0 Å². The molecular weight excluding hydrogens is 348 g/mol. The normalized spacial score (nSPS) is 16.5. The number of hydrogen-bond donors (Lipinski definition) is 0. The Hall–Kier alpha value is -2.34. The Morgan fingerprint density at radius 3 is 2.31 bits per heavy atom. The average molecular weight is 372 g/mol. The minimum absolute atomic E-state index is 0.00628. The molecule has 0 aromatic heterocycles. The van der Waals surface area contributed by atoms with Gasteiger partial charge in [-0.25, -0.2) is 0 Å². The Bertz CT molecular complexity index is 731. The molecule has 0 saturated carbocycles. The molecule has 1 aliphatic heterocycles. The van der Waals surface area contributed by atoms with E-state index in [4.69, 9.17) is 0 Å². The molecule has 3 amide bonds. The molecule has 1 aromatic carbocycles. The Labute approximate surface area is 158 Å². The van der Waals surface area contributed by atoms with E-state index in [0.717, 1.165) is 22.2 Å². The molecule has 1 heterocycles. The molecule has 0 atom stereocenters. The van der Waals surface area contributed by atoms with E-state index < -0.39 is 11.1 Å². The van der Waals surface area contributed by atoms with Crippen LogP contribution in [0, 0.1) is 0 Å². The molecule has 138 valence electrons. The molecule has 5 nitrogen and oxygen atoms in total.